The highest BCUT2D eigenvalue weighted by Gasteiger charge is 2.26. The van der Waals surface area contributed by atoms with Gasteiger partial charge in [-0.15, -0.1) is 0 Å². The predicted octanol–water partition coefficient (Wildman–Crippen LogP) is 3.49. The number of nitro benzene ring substituents is 1. The maximum Gasteiger partial charge on any atom is 0.269 e. The van der Waals surface area contributed by atoms with Gasteiger partial charge in [-0.05, 0) is 37.1 Å². The van der Waals surface area contributed by atoms with Crippen molar-refractivity contribution in [1.82, 2.24) is 14.9 Å². The number of nitro groups is 1. The molecule has 132 valence electrons. The highest BCUT2D eigenvalue weighted by atomic mass is 16.6. The summed E-state index contributed by atoms with van der Waals surface area (Å²) >= 11 is 0. The molecule has 7 heteroatoms. The van der Waals surface area contributed by atoms with E-state index in [-0.39, 0.29) is 11.6 Å². The maximum atomic E-state index is 12.6. The lowest BCUT2D eigenvalue weighted by atomic mass is 9.95. The van der Waals surface area contributed by atoms with Crippen molar-refractivity contribution in [2.24, 2.45) is 0 Å². The average molecular weight is 350 g/mol. The van der Waals surface area contributed by atoms with Gasteiger partial charge in [-0.25, -0.2) is 4.98 Å². The normalized spacial score (nSPS) is 15.3. The number of piperidine rings is 1. The summed E-state index contributed by atoms with van der Waals surface area (Å²) in [6, 6.07) is 13.7. The van der Waals surface area contributed by atoms with Crippen molar-refractivity contribution < 1.29 is 9.72 Å². The summed E-state index contributed by atoms with van der Waals surface area (Å²) in [7, 11) is 0. The highest BCUT2D eigenvalue weighted by molar-refractivity contribution is 5.94. The van der Waals surface area contributed by atoms with Gasteiger partial charge in [0.1, 0.15) is 5.82 Å². The number of aromatic amines is 1. The van der Waals surface area contributed by atoms with Gasteiger partial charge in [0, 0.05) is 36.7 Å². The fraction of sp³-hybridized carbons (Fsp3) is 0.263. The molecular formula is C19H18N4O3. The molecule has 2 aromatic carbocycles. The van der Waals surface area contributed by atoms with Crippen molar-refractivity contribution in [2.45, 2.75) is 18.8 Å². The molecule has 1 saturated heterocycles. The molecule has 1 N–H and O–H groups in total. The van der Waals surface area contributed by atoms with E-state index in [2.05, 4.69) is 9.97 Å². The highest BCUT2D eigenvalue weighted by Crippen LogP contribution is 2.28. The van der Waals surface area contributed by atoms with E-state index in [9.17, 15) is 14.9 Å². The van der Waals surface area contributed by atoms with E-state index >= 15 is 0 Å². The lowest BCUT2D eigenvalue weighted by molar-refractivity contribution is -0.384. The number of H-pyrrole nitrogens is 1. The number of rotatable bonds is 3. The van der Waals surface area contributed by atoms with Gasteiger partial charge in [-0.1, -0.05) is 12.1 Å². The Hall–Kier alpha value is -3.22. The molecule has 0 unspecified atom stereocenters. The molecule has 0 aliphatic carbocycles. The van der Waals surface area contributed by atoms with Gasteiger partial charge in [0.05, 0.1) is 16.0 Å². The monoisotopic (exact) mass is 350 g/mol. The van der Waals surface area contributed by atoms with Crippen LogP contribution in [0.1, 0.15) is 34.9 Å². The summed E-state index contributed by atoms with van der Waals surface area (Å²) in [5, 5.41) is 10.7. The van der Waals surface area contributed by atoms with Gasteiger partial charge in [-0.2, -0.15) is 0 Å². The van der Waals surface area contributed by atoms with E-state index in [4.69, 9.17) is 0 Å². The fourth-order valence-corrected chi connectivity index (χ4v) is 3.43. The third kappa shape index (κ3) is 3.03. The van der Waals surface area contributed by atoms with Crippen molar-refractivity contribution in [3.63, 3.8) is 0 Å². The molecule has 0 bridgehead atoms. The Morgan fingerprint density at radius 2 is 1.81 bits per heavy atom. The molecule has 1 aliphatic heterocycles. The van der Waals surface area contributed by atoms with Crippen LogP contribution in [0.2, 0.25) is 0 Å². The Balaban J connectivity index is 1.42. The van der Waals surface area contributed by atoms with Crippen molar-refractivity contribution in [3.8, 4) is 0 Å². The number of nitrogens with one attached hydrogen (secondary N) is 1. The summed E-state index contributed by atoms with van der Waals surface area (Å²) in [6.07, 6.45) is 1.69. The minimum Gasteiger partial charge on any atom is -0.342 e. The molecule has 1 aliphatic rings. The van der Waals surface area contributed by atoms with Gasteiger partial charge < -0.3 is 9.88 Å². The van der Waals surface area contributed by atoms with E-state index in [0.717, 1.165) is 29.7 Å². The van der Waals surface area contributed by atoms with E-state index in [1.807, 2.05) is 24.3 Å². The van der Waals surface area contributed by atoms with Gasteiger partial charge in [0.15, 0.2) is 0 Å². The molecule has 0 saturated carbocycles. The van der Waals surface area contributed by atoms with E-state index in [1.54, 1.807) is 4.90 Å². The first kappa shape index (κ1) is 16.3. The molecule has 1 fully saturated rings. The summed E-state index contributed by atoms with van der Waals surface area (Å²) in [6.45, 7) is 1.30. The van der Waals surface area contributed by atoms with Crippen LogP contribution in [-0.4, -0.2) is 38.8 Å². The topological polar surface area (TPSA) is 92.1 Å². The van der Waals surface area contributed by atoms with Crippen LogP contribution in [-0.2, 0) is 0 Å². The standard InChI is InChI=1S/C19H18N4O3/c24-19(14-5-7-15(8-6-14)23(25)26)22-11-9-13(10-12-22)18-20-16-3-1-2-4-17(16)21-18/h1-8,13H,9-12H2,(H,20,21). The number of non-ortho nitro benzene ring substituents is 1. The Morgan fingerprint density at radius 3 is 2.46 bits per heavy atom. The van der Waals surface area contributed by atoms with Crippen LogP contribution in [0.4, 0.5) is 5.69 Å². The van der Waals surface area contributed by atoms with Crippen molar-refractivity contribution in [1.29, 1.82) is 0 Å². The zero-order valence-electron chi connectivity index (χ0n) is 14.1. The SMILES string of the molecule is O=C(c1ccc([N+](=O)[O-])cc1)N1CCC(c2nc3ccccc3[nH]2)CC1. The predicted molar refractivity (Wildman–Crippen MR) is 97.1 cm³/mol. The maximum absolute atomic E-state index is 12.6. The van der Waals surface area contributed by atoms with Crippen LogP contribution in [0, 0.1) is 10.1 Å². The third-order valence-electron chi connectivity index (χ3n) is 4.90. The number of para-hydroxylation sites is 2. The van der Waals surface area contributed by atoms with E-state index < -0.39 is 4.92 Å². The van der Waals surface area contributed by atoms with Crippen molar-refractivity contribution in [3.05, 3.63) is 70.0 Å². The van der Waals surface area contributed by atoms with Crippen LogP contribution >= 0.6 is 0 Å². The Kier molecular flexibility index (Phi) is 4.12. The molecule has 1 aromatic heterocycles. The first-order valence-electron chi connectivity index (χ1n) is 8.60. The quantitative estimate of drug-likeness (QED) is 0.578. The molecule has 2 heterocycles. The molecule has 7 nitrogen and oxygen atoms in total. The van der Waals surface area contributed by atoms with Crippen LogP contribution < -0.4 is 0 Å². The first-order valence-corrected chi connectivity index (χ1v) is 8.60. The summed E-state index contributed by atoms with van der Waals surface area (Å²) in [5.74, 6) is 1.21. The molecular weight excluding hydrogens is 332 g/mol. The number of hydrogen-bond acceptors (Lipinski definition) is 4. The summed E-state index contributed by atoms with van der Waals surface area (Å²) < 4.78 is 0. The largest absolute Gasteiger partial charge is 0.342 e. The summed E-state index contributed by atoms with van der Waals surface area (Å²) in [4.78, 5) is 32.7. The molecule has 0 spiro atoms. The molecule has 0 atom stereocenters. The van der Waals surface area contributed by atoms with E-state index in [0.29, 0.717) is 24.6 Å². The second kappa shape index (κ2) is 6.59. The molecule has 26 heavy (non-hydrogen) atoms. The Bertz CT molecular complexity index is 923. The van der Waals surface area contributed by atoms with Gasteiger partial charge >= 0.3 is 0 Å². The van der Waals surface area contributed by atoms with Gasteiger partial charge in [-0.3, -0.25) is 14.9 Å². The Morgan fingerprint density at radius 1 is 1.12 bits per heavy atom. The number of benzene rings is 2. The average Bonchev–Trinajstić information content (AvgIpc) is 3.12. The number of hydrogen-bond donors (Lipinski definition) is 1. The third-order valence-corrected chi connectivity index (χ3v) is 4.90. The number of carbonyl (C=O) groups is 1. The van der Waals surface area contributed by atoms with Crippen molar-refractivity contribution >= 4 is 22.6 Å². The van der Waals surface area contributed by atoms with Gasteiger partial charge in [0.2, 0.25) is 0 Å². The minimum absolute atomic E-state index is 0.00913. The number of nitrogens with zero attached hydrogens (tertiary/aromatic N) is 3. The second-order valence-electron chi connectivity index (χ2n) is 6.51. The van der Waals surface area contributed by atoms with Crippen LogP contribution in [0.5, 0.6) is 0 Å². The lowest BCUT2D eigenvalue weighted by Crippen LogP contribution is -2.38. The molecule has 3 aromatic rings. The number of likely N-dealkylation sites (tertiary alicyclic amines) is 1. The smallest absolute Gasteiger partial charge is 0.269 e. The first-order chi connectivity index (χ1) is 12.6. The van der Waals surface area contributed by atoms with Crippen LogP contribution in [0.3, 0.4) is 0 Å². The van der Waals surface area contributed by atoms with Crippen LogP contribution in [0.25, 0.3) is 11.0 Å². The molecule has 1 amide bonds. The number of aromatic nitrogens is 2. The van der Waals surface area contributed by atoms with Gasteiger partial charge in [0.25, 0.3) is 11.6 Å². The van der Waals surface area contributed by atoms with Crippen molar-refractivity contribution in [2.75, 3.05) is 13.1 Å². The zero-order valence-corrected chi connectivity index (χ0v) is 14.1. The van der Waals surface area contributed by atoms with Crippen LogP contribution in [0.15, 0.2) is 48.5 Å². The fourth-order valence-electron chi connectivity index (χ4n) is 3.43. The number of amides is 1. The second-order valence-corrected chi connectivity index (χ2v) is 6.51. The molecule has 0 radical (unpaired) electrons. The number of carbonyl (C=O) groups excluding carboxylic acids is 1. The molecule has 4 rings (SSSR count). The minimum atomic E-state index is -0.465. The Labute approximate surface area is 149 Å². The number of fused-ring (bicyclic) bond motifs is 1. The zero-order chi connectivity index (χ0) is 18.1. The number of imidazole rings is 1. The summed E-state index contributed by atoms with van der Waals surface area (Å²) in [5.41, 5.74) is 2.47. The lowest BCUT2D eigenvalue weighted by Gasteiger charge is -2.31. The van der Waals surface area contributed by atoms with E-state index in [1.165, 1.54) is 24.3 Å².